The van der Waals surface area contributed by atoms with Gasteiger partial charge >= 0.3 is 0 Å². The Bertz CT molecular complexity index is 600. The predicted molar refractivity (Wildman–Crippen MR) is 90.3 cm³/mol. The van der Waals surface area contributed by atoms with Crippen LogP contribution in [0.5, 0.6) is 5.75 Å². The van der Waals surface area contributed by atoms with E-state index in [1.54, 1.807) is 18.4 Å². The third-order valence-electron chi connectivity index (χ3n) is 3.12. The number of nitrogens with one attached hydrogen (secondary N) is 1. The highest BCUT2D eigenvalue weighted by Gasteiger charge is 2.22. The first kappa shape index (κ1) is 15.8. The molecule has 108 valence electrons. The lowest BCUT2D eigenvalue weighted by molar-refractivity contribution is 0.402. The van der Waals surface area contributed by atoms with E-state index in [2.05, 4.69) is 46.5 Å². The fourth-order valence-electron chi connectivity index (χ4n) is 2.24. The highest BCUT2D eigenvalue weighted by molar-refractivity contribution is 9.10. The molecule has 20 heavy (non-hydrogen) atoms. The van der Waals surface area contributed by atoms with Gasteiger partial charge in [0.05, 0.1) is 17.6 Å². The van der Waals surface area contributed by atoms with Crippen molar-refractivity contribution in [2.75, 3.05) is 13.7 Å². The number of hydrogen-bond acceptors (Lipinski definition) is 3. The van der Waals surface area contributed by atoms with Crippen LogP contribution in [0.4, 0.5) is 0 Å². The van der Waals surface area contributed by atoms with Crippen LogP contribution in [0.1, 0.15) is 29.0 Å². The summed E-state index contributed by atoms with van der Waals surface area (Å²) in [6.07, 6.45) is 0. The van der Waals surface area contributed by atoms with Crippen LogP contribution >= 0.6 is 38.9 Å². The molecule has 1 aromatic carbocycles. The molecule has 0 aliphatic heterocycles. The van der Waals surface area contributed by atoms with E-state index < -0.39 is 0 Å². The summed E-state index contributed by atoms with van der Waals surface area (Å²) in [5.74, 6) is 0.827. The van der Waals surface area contributed by atoms with Crippen molar-refractivity contribution in [1.29, 1.82) is 0 Å². The van der Waals surface area contributed by atoms with Crippen LogP contribution in [-0.2, 0) is 0 Å². The quantitative estimate of drug-likeness (QED) is 0.778. The van der Waals surface area contributed by atoms with Gasteiger partial charge in [0.2, 0.25) is 0 Å². The summed E-state index contributed by atoms with van der Waals surface area (Å²) in [6, 6.07) is 6.05. The zero-order valence-corrected chi connectivity index (χ0v) is 14.8. The number of rotatable bonds is 5. The zero-order valence-electron chi connectivity index (χ0n) is 11.7. The molecular formula is C15H17BrClNOS. The summed E-state index contributed by atoms with van der Waals surface area (Å²) in [5, 5.41) is 6.33. The minimum Gasteiger partial charge on any atom is -0.495 e. The smallest absolute Gasteiger partial charge is 0.138 e. The largest absolute Gasteiger partial charge is 0.495 e. The maximum atomic E-state index is 6.21. The van der Waals surface area contributed by atoms with Crippen LogP contribution in [0.25, 0.3) is 0 Å². The second-order valence-electron chi connectivity index (χ2n) is 4.47. The fraction of sp³-hybridized carbons (Fsp3) is 0.333. The normalized spacial score (nSPS) is 12.4. The summed E-state index contributed by atoms with van der Waals surface area (Å²) in [5.41, 5.74) is 2.33. The van der Waals surface area contributed by atoms with Gasteiger partial charge in [-0.3, -0.25) is 0 Å². The Hall–Kier alpha value is -0.550. The van der Waals surface area contributed by atoms with Crippen molar-refractivity contribution in [1.82, 2.24) is 5.32 Å². The lowest BCUT2D eigenvalue weighted by Gasteiger charge is -2.22. The fourth-order valence-corrected chi connectivity index (χ4v) is 4.25. The van der Waals surface area contributed by atoms with Crippen molar-refractivity contribution in [2.45, 2.75) is 19.9 Å². The number of methoxy groups -OCH3 is 1. The Kier molecular flexibility index (Phi) is 5.49. The van der Waals surface area contributed by atoms with Crippen LogP contribution in [0.2, 0.25) is 5.02 Å². The predicted octanol–water partition coefficient (Wildman–Crippen LogP) is 5.18. The highest BCUT2D eigenvalue weighted by atomic mass is 79.9. The first-order chi connectivity index (χ1) is 9.58. The molecule has 0 spiro atoms. The van der Waals surface area contributed by atoms with E-state index in [1.807, 2.05) is 12.1 Å². The van der Waals surface area contributed by atoms with E-state index in [4.69, 9.17) is 16.3 Å². The van der Waals surface area contributed by atoms with Crippen LogP contribution in [-0.4, -0.2) is 13.7 Å². The van der Waals surface area contributed by atoms with Gasteiger partial charge in [-0.25, -0.2) is 0 Å². The van der Waals surface area contributed by atoms with Gasteiger partial charge in [-0.15, -0.1) is 11.3 Å². The van der Waals surface area contributed by atoms with Gasteiger partial charge in [0.15, 0.2) is 0 Å². The molecule has 5 heteroatoms. The van der Waals surface area contributed by atoms with E-state index in [-0.39, 0.29) is 6.04 Å². The number of thiophene rings is 1. The third-order valence-corrected chi connectivity index (χ3v) is 5.02. The molecular weight excluding hydrogens is 358 g/mol. The van der Waals surface area contributed by atoms with Gasteiger partial charge in [0.25, 0.3) is 0 Å². The van der Waals surface area contributed by atoms with Gasteiger partial charge < -0.3 is 10.1 Å². The molecule has 2 rings (SSSR count). The maximum Gasteiger partial charge on any atom is 0.138 e. The van der Waals surface area contributed by atoms with Crippen LogP contribution in [0.15, 0.2) is 28.1 Å². The van der Waals surface area contributed by atoms with Gasteiger partial charge in [0.1, 0.15) is 5.75 Å². The van der Waals surface area contributed by atoms with Crippen molar-refractivity contribution < 1.29 is 4.74 Å². The summed E-state index contributed by atoms with van der Waals surface area (Å²) >= 11 is 11.5. The van der Waals surface area contributed by atoms with Crippen molar-refractivity contribution >= 4 is 38.9 Å². The van der Waals surface area contributed by atoms with Crippen molar-refractivity contribution in [3.8, 4) is 5.75 Å². The molecule has 0 aliphatic rings. The summed E-state index contributed by atoms with van der Waals surface area (Å²) in [6.45, 7) is 5.10. The average molecular weight is 375 g/mol. The lowest BCUT2D eigenvalue weighted by atomic mass is 10.0. The van der Waals surface area contributed by atoms with Crippen LogP contribution < -0.4 is 10.1 Å². The number of halogens is 2. The number of aryl methyl sites for hydroxylation is 1. The Balaban J connectivity index is 2.58. The molecule has 1 heterocycles. The minimum atomic E-state index is 0.0879. The average Bonchev–Trinajstić information content (AvgIpc) is 2.81. The third kappa shape index (κ3) is 3.19. The first-order valence-electron chi connectivity index (χ1n) is 6.38. The molecule has 2 nitrogen and oxygen atoms in total. The number of hydrogen-bond donors (Lipinski definition) is 1. The van der Waals surface area contributed by atoms with E-state index in [1.165, 1.54) is 10.4 Å². The molecule has 0 saturated heterocycles. The SMILES string of the molecule is CCNC(c1cc(Cl)cc(Br)c1OC)c1sccc1C. The summed E-state index contributed by atoms with van der Waals surface area (Å²) < 4.78 is 6.43. The Morgan fingerprint density at radius 1 is 1.45 bits per heavy atom. The molecule has 1 atom stereocenters. The lowest BCUT2D eigenvalue weighted by Crippen LogP contribution is -2.22. The molecule has 0 bridgehead atoms. The Morgan fingerprint density at radius 3 is 2.75 bits per heavy atom. The molecule has 0 aliphatic carbocycles. The second kappa shape index (κ2) is 6.94. The zero-order chi connectivity index (χ0) is 14.7. The molecule has 0 fully saturated rings. The molecule has 1 unspecified atom stereocenters. The molecule has 0 saturated carbocycles. The van der Waals surface area contributed by atoms with E-state index in [9.17, 15) is 0 Å². The topological polar surface area (TPSA) is 21.3 Å². The maximum absolute atomic E-state index is 6.21. The van der Waals surface area contributed by atoms with Crippen molar-refractivity contribution in [3.63, 3.8) is 0 Å². The van der Waals surface area contributed by atoms with E-state index in [0.717, 1.165) is 22.3 Å². The van der Waals surface area contributed by atoms with E-state index >= 15 is 0 Å². The molecule has 0 amide bonds. The molecule has 2 aromatic rings. The highest BCUT2D eigenvalue weighted by Crippen LogP contribution is 2.40. The van der Waals surface area contributed by atoms with Crippen LogP contribution in [0, 0.1) is 6.92 Å². The monoisotopic (exact) mass is 373 g/mol. The standard InChI is InChI=1S/C15H17BrClNOS/c1-4-18-13(15-9(2)5-6-20-15)11-7-10(17)8-12(16)14(11)19-3/h5-8,13,18H,4H2,1-3H3. The number of benzene rings is 1. The van der Waals surface area contributed by atoms with E-state index in [0.29, 0.717) is 5.02 Å². The number of ether oxygens (including phenoxy) is 1. The van der Waals surface area contributed by atoms with Crippen molar-refractivity contribution in [3.05, 3.63) is 49.1 Å². The minimum absolute atomic E-state index is 0.0879. The van der Waals surface area contributed by atoms with Gasteiger partial charge in [0, 0.05) is 15.5 Å². The van der Waals surface area contributed by atoms with Gasteiger partial charge in [-0.1, -0.05) is 18.5 Å². The molecule has 0 radical (unpaired) electrons. The Morgan fingerprint density at radius 2 is 2.20 bits per heavy atom. The Labute approximate surface area is 137 Å². The second-order valence-corrected chi connectivity index (χ2v) is 6.71. The first-order valence-corrected chi connectivity index (χ1v) is 8.43. The van der Waals surface area contributed by atoms with Gasteiger partial charge in [-0.05, 0) is 58.5 Å². The van der Waals surface area contributed by atoms with Crippen molar-refractivity contribution in [2.24, 2.45) is 0 Å². The van der Waals surface area contributed by atoms with Gasteiger partial charge in [-0.2, -0.15) is 0 Å². The summed E-state index contributed by atoms with van der Waals surface area (Å²) in [7, 11) is 1.68. The van der Waals surface area contributed by atoms with Crippen LogP contribution in [0.3, 0.4) is 0 Å². The molecule has 1 aromatic heterocycles. The summed E-state index contributed by atoms with van der Waals surface area (Å²) in [4.78, 5) is 1.29. The molecule has 1 N–H and O–H groups in total.